The zero-order valence-corrected chi connectivity index (χ0v) is 26.3. The molecule has 2 fully saturated rings. The number of morpholine rings is 1. The first-order chi connectivity index (χ1) is 22.0. The van der Waals surface area contributed by atoms with E-state index in [1.165, 1.54) is 4.90 Å². The molecule has 2 amide bonds. The van der Waals surface area contributed by atoms with E-state index in [0.717, 1.165) is 42.6 Å². The lowest BCUT2D eigenvalue weighted by molar-refractivity contribution is -0.130. The first-order valence-electron chi connectivity index (χ1n) is 15.4. The quantitative estimate of drug-likeness (QED) is 0.243. The lowest BCUT2D eigenvalue weighted by Gasteiger charge is -2.32. The third-order valence-electron chi connectivity index (χ3n) is 8.66. The minimum Gasteiger partial charge on any atom is -0.378 e. The molecule has 0 bridgehead atoms. The standard InChI is InChI=1S/C32H38N10O3.ClH/c33-18-21-4-6-24(7-5-21)30(43)42(27-10-8-23(9-11-27)29-37-39-40-38-29)31(44)28(34)17-22-2-1-3-25(16-22)26-19-35-32(36-20-26)41-12-14-45-15-13-41;/h1-3,8-11,16,19-21,24,28H,4-7,12-15,17-18,33-34H2,(H,37,38,39,40);1H/t21?,24?,28-;/m0./s1. The van der Waals surface area contributed by atoms with E-state index in [1.54, 1.807) is 36.7 Å². The van der Waals surface area contributed by atoms with Crippen LogP contribution in [0.15, 0.2) is 60.9 Å². The Morgan fingerprint density at radius 3 is 2.35 bits per heavy atom. The highest BCUT2D eigenvalue weighted by Gasteiger charge is 2.35. The van der Waals surface area contributed by atoms with Crippen molar-refractivity contribution in [1.29, 1.82) is 0 Å². The van der Waals surface area contributed by atoms with Gasteiger partial charge in [-0.2, -0.15) is 5.21 Å². The molecule has 6 rings (SSSR count). The van der Waals surface area contributed by atoms with Crippen molar-refractivity contribution in [3.63, 3.8) is 0 Å². The smallest absolute Gasteiger partial charge is 0.251 e. The normalized spacial score (nSPS) is 18.8. The molecule has 5 N–H and O–H groups in total. The number of aromatic nitrogens is 6. The van der Waals surface area contributed by atoms with Crippen LogP contribution in [0.2, 0.25) is 0 Å². The molecular formula is C32H39ClN10O3. The number of hydrogen-bond acceptors (Lipinski definition) is 11. The molecule has 0 spiro atoms. The summed E-state index contributed by atoms with van der Waals surface area (Å²) in [5.74, 6) is 0.551. The second kappa shape index (κ2) is 15.3. The molecule has 13 nitrogen and oxygen atoms in total. The number of nitrogens with zero attached hydrogens (tertiary/aromatic N) is 7. The van der Waals surface area contributed by atoms with Crippen molar-refractivity contribution >= 4 is 35.9 Å². The summed E-state index contributed by atoms with van der Waals surface area (Å²) in [6.07, 6.45) is 6.97. The molecule has 3 heterocycles. The largest absolute Gasteiger partial charge is 0.378 e. The van der Waals surface area contributed by atoms with Gasteiger partial charge in [0.2, 0.25) is 17.7 Å². The minimum atomic E-state index is -0.943. The predicted molar refractivity (Wildman–Crippen MR) is 176 cm³/mol. The maximum Gasteiger partial charge on any atom is 0.251 e. The Hall–Kier alpha value is -4.30. The highest BCUT2D eigenvalue weighted by Crippen LogP contribution is 2.32. The first-order valence-corrected chi connectivity index (χ1v) is 15.4. The van der Waals surface area contributed by atoms with E-state index in [0.29, 0.717) is 61.5 Å². The Labute approximate surface area is 273 Å². The van der Waals surface area contributed by atoms with Gasteiger partial charge in [0.1, 0.15) is 0 Å². The Morgan fingerprint density at radius 1 is 0.978 bits per heavy atom. The van der Waals surface area contributed by atoms with Gasteiger partial charge in [-0.25, -0.2) is 14.9 Å². The van der Waals surface area contributed by atoms with Crippen molar-refractivity contribution in [3.8, 4) is 22.5 Å². The van der Waals surface area contributed by atoms with Crippen molar-refractivity contribution < 1.29 is 14.3 Å². The summed E-state index contributed by atoms with van der Waals surface area (Å²) in [6, 6.07) is 13.8. The van der Waals surface area contributed by atoms with Crippen LogP contribution in [0.3, 0.4) is 0 Å². The fourth-order valence-corrected chi connectivity index (χ4v) is 6.02. The van der Waals surface area contributed by atoms with E-state index in [4.69, 9.17) is 16.2 Å². The van der Waals surface area contributed by atoms with E-state index in [1.807, 2.05) is 24.3 Å². The van der Waals surface area contributed by atoms with Crippen LogP contribution in [0.4, 0.5) is 11.6 Å². The highest BCUT2D eigenvalue weighted by molar-refractivity contribution is 6.17. The van der Waals surface area contributed by atoms with E-state index >= 15 is 0 Å². The van der Waals surface area contributed by atoms with Crippen molar-refractivity contribution in [3.05, 3.63) is 66.5 Å². The summed E-state index contributed by atoms with van der Waals surface area (Å²) in [6.45, 7) is 3.46. The Bertz CT molecular complexity index is 1570. The number of carbonyl (C=O) groups is 2. The zero-order valence-electron chi connectivity index (χ0n) is 25.5. The van der Waals surface area contributed by atoms with Crippen molar-refractivity contribution in [2.75, 3.05) is 42.6 Å². The number of carbonyl (C=O) groups excluding carboxylic acids is 2. The number of ether oxygens (including phenoxy) is 1. The number of rotatable bonds is 9. The molecule has 14 heteroatoms. The van der Waals surface area contributed by atoms with Crippen molar-refractivity contribution in [2.24, 2.45) is 23.3 Å². The maximum atomic E-state index is 14.0. The van der Waals surface area contributed by atoms with Crippen LogP contribution in [-0.2, 0) is 20.7 Å². The third-order valence-corrected chi connectivity index (χ3v) is 8.66. The van der Waals surface area contributed by atoms with Gasteiger partial charge in [0.05, 0.1) is 24.9 Å². The molecule has 46 heavy (non-hydrogen) atoms. The van der Waals surface area contributed by atoms with E-state index in [-0.39, 0.29) is 30.7 Å². The summed E-state index contributed by atoms with van der Waals surface area (Å²) in [5, 5.41) is 14.1. The molecule has 1 saturated carbocycles. The monoisotopic (exact) mass is 646 g/mol. The van der Waals surface area contributed by atoms with E-state index < -0.39 is 11.9 Å². The molecule has 1 atom stereocenters. The number of anilines is 2. The number of tetrazole rings is 1. The van der Waals surface area contributed by atoms with Crippen LogP contribution >= 0.6 is 12.4 Å². The molecular weight excluding hydrogens is 608 g/mol. The fourth-order valence-electron chi connectivity index (χ4n) is 6.02. The SMILES string of the molecule is Cl.NCC1CCC(C(=O)N(C(=O)[C@@H](N)Cc2cccc(-c3cnc(N4CCOCC4)nc3)c2)c2ccc(-c3nn[nH]n3)cc2)CC1. The topological polar surface area (TPSA) is 182 Å². The summed E-state index contributed by atoms with van der Waals surface area (Å²) in [5.41, 5.74) is 16.3. The number of nitrogens with two attached hydrogens (primary N) is 2. The van der Waals surface area contributed by atoms with Crippen LogP contribution in [0.25, 0.3) is 22.5 Å². The summed E-state index contributed by atoms with van der Waals surface area (Å²) < 4.78 is 5.42. The predicted octanol–water partition coefficient (Wildman–Crippen LogP) is 2.78. The number of aromatic amines is 1. The van der Waals surface area contributed by atoms with Gasteiger partial charge in [-0.05, 0) is 85.2 Å². The molecule has 1 aliphatic carbocycles. The number of amides is 2. The zero-order chi connectivity index (χ0) is 31.2. The van der Waals surface area contributed by atoms with Crippen LogP contribution in [0.5, 0.6) is 0 Å². The molecule has 2 aromatic carbocycles. The second-order valence-electron chi connectivity index (χ2n) is 11.6. The summed E-state index contributed by atoms with van der Waals surface area (Å²) >= 11 is 0. The molecule has 2 aromatic heterocycles. The molecule has 2 aliphatic rings. The molecule has 4 aromatic rings. The first kappa shape index (κ1) is 33.1. The van der Waals surface area contributed by atoms with Gasteiger partial charge in [-0.3, -0.25) is 9.59 Å². The van der Waals surface area contributed by atoms with E-state index in [2.05, 4.69) is 35.5 Å². The van der Waals surface area contributed by atoms with Crippen LogP contribution < -0.4 is 21.3 Å². The summed E-state index contributed by atoms with van der Waals surface area (Å²) in [4.78, 5) is 40.4. The second-order valence-corrected chi connectivity index (χ2v) is 11.6. The number of imide groups is 1. The minimum absolute atomic E-state index is 0. The van der Waals surface area contributed by atoms with Crippen molar-refractivity contribution in [1.82, 2.24) is 30.6 Å². The number of halogens is 1. The van der Waals surface area contributed by atoms with Gasteiger partial charge < -0.3 is 21.1 Å². The molecule has 0 unspecified atom stereocenters. The molecule has 1 aliphatic heterocycles. The van der Waals surface area contributed by atoms with Crippen molar-refractivity contribution in [2.45, 2.75) is 38.1 Å². The number of H-pyrrole nitrogens is 1. The van der Waals surface area contributed by atoms with Gasteiger partial charge >= 0.3 is 0 Å². The van der Waals surface area contributed by atoms with Gasteiger partial charge in [-0.1, -0.05) is 24.3 Å². The molecule has 0 radical (unpaired) electrons. The Kier molecular flexibility index (Phi) is 11.0. The van der Waals surface area contributed by atoms with Gasteiger partial charge in [0.15, 0.2) is 0 Å². The number of benzene rings is 2. The molecule has 1 saturated heterocycles. The Morgan fingerprint density at radius 2 is 1.70 bits per heavy atom. The average Bonchev–Trinajstić information content (AvgIpc) is 3.65. The van der Waals surface area contributed by atoms with Gasteiger partial charge in [-0.15, -0.1) is 22.6 Å². The van der Waals surface area contributed by atoms with Crippen LogP contribution in [0.1, 0.15) is 31.2 Å². The average molecular weight is 647 g/mol. The lowest BCUT2D eigenvalue weighted by Crippen LogP contribution is -2.50. The fraction of sp³-hybridized carbons (Fsp3) is 0.406. The van der Waals surface area contributed by atoms with Crippen LogP contribution in [0, 0.1) is 11.8 Å². The lowest BCUT2D eigenvalue weighted by atomic mass is 9.81. The number of hydrogen-bond donors (Lipinski definition) is 3. The Balaban J connectivity index is 0.00000417. The maximum absolute atomic E-state index is 14.0. The van der Waals surface area contributed by atoms with Gasteiger partial charge in [0.25, 0.3) is 5.91 Å². The highest BCUT2D eigenvalue weighted by atomic mass is 35.5. The summed E-state index contributed by atoms with van der Waals surface area (Å²) in [7, 11) is 0. The van der Waals surface area contributed by atoms with Crippen LogP contribution in [-0.4, -0.2) is 81.3 Å². The van der Waals surface area contributed by atoms with Gasteiger partial charge in [0, 0.05) is 42.5 Å². The number of nitrogens with one attached hydrogen (secondary N) is 1. The van der Waals surface area contributed by atoms with E-state index in [9.17, 15) is 9.59 Å². The third kappa shape index (κ3) is 7.56. The molecule has 242 valence electrons.